The average molecular weight is 345 g/mol. The molecule has 0 saturated carbocycles. The monoisotopic (exact) mass is 344 g/mol. The van der Waals surface area contributed by atoms with E-state index in [-0.39, 0.29) is 17.6 Å². The molecule has 0 aliphatic heterocycles. The van der Waals surface area contributed by atoms with Crippen molar-refractivity contribution >= 4 is 61.9 Å². The van der Waals surface area contributed by atoms with Gasteiger partial charge < -0.3 is 10.1 Å². The Morgan fingerprint density at radius 1 is 1.48 bits per heavy atom. The predicted octanol–water partition coefficient (Wildman–Crippen LogP) is 3.18. The van der Waals surface area contributed by atoms with Gasteiger partial charge in [-0.3, -0.25) is 9.59 Å². The molecule has 2 rings (SSSR count). The number of benzene rings is 1. The second-order valence-corrected chi connectivity index (χ2v) is 6.63. The molecule has 5 nitrogen and oxygen atoms in total. The molecular weight excluding hydrogens is 332 g/mol. The molecule has 0 bridgehead atoms. The van der Waals surface area contributed by atoms with E-state index >= 15 is 0 Å². The summed E-state index contributed by atoms with van der Waals surface area (Å²) in [6.07, 6.45) is 0.318. The molecule has 1 aromatic heterocycles. The van der Waals surface area contributed by atoms with Crippen molar-refractivity contribution in [3.63, 3.8) is 0 Å². The number of carbonyl (C=O) groups is 2. The molecule has 0 saturated heterocycles. The van der Waals surface area contributed by atoms with Gasteiger partial charge in [-0.15, -0.1) is 11.8 Å². The van der Waals surface area contributed by atoms with Crippen LogP contribution in [-0.2, 0) is 14.3 Å². The largest absolute Gasteiger partial charge is 0.468 e. The highest BCUT2D eigenvalue weighted by molar-refractivity contribution is 7.99. The number of esters is 1. The van der Waals surface area contributed by atoms with E-state index in [9.17, 15) is 9.59 Å². The van der Waals surface area contributed by atoms with Crippen LogP contribution in [0.3, 0.4) is 0 Å². The van der Waals surface area contributed by atoms with Gasteiger partial charge in [-0.1, -0.05) is 22.9 Å². The minimum atomic E-state index is -0.288. The topological polar surface area (TPSA) is 68.3 Å². The quantitative estimate of drug-likeness (QED) is 0.644. The van der Waals surface area contributed by atoms with Gasteiger partial charge in [-0.2, -0.15) is 0 Å². The highest BCUT2D eigenvalue weighted by Gasteiger charge is 2.09. The maximum Gasteiger partial charge on any atom is 0.315 e. The van der Waals surface area contributed by atoms with Crippen LogP contribution in [0.25, 0.3) is 10.2 Å². The van der Waals surface area contributed by atoms with Crippen molar-refractivity contribution in [2.45, 2.75) is 6.42 Å². The van der Waals surface area contributed by atoms with E-state index in [1.807, 2.05) is 12.1 Å². The van der Waals surface area contributed by atoms with Crippen LogP contribution in [-0.4, -0.2) is 35.5 Å². The third kappa shape index (κ3) is 4.87. The molecule has 1 N–H and O–H groups in total. The Bertz CT molecular complexity index is 660. The SMILES string of the molecule is COC(=O)CSCCC(=O)Nc1nc2ccc(Cl)cc2s1. The van der Waals surface area contributed by atoms with E-state index < -0.39 is 0 Å². The third-order valence-corrected chi connectivity index (χ3v) is 4.62. The number of ether oxygens (including phenoxy) is 1. The first-order valence-corrected chi connectivity index (χ1v) is 8.44. The maximum atomic E-state index is 11.8. The van der Waals surface area contributed by atoms with Crippen molar-refractivity contribution in [3.05, 3.63) is 23.2 Å². The molecule has 21 heavy (non-hydrogen) atoms. The van der Waals surface area contributed by atoms with Crippen LogP contribution in [0.15, 0.2) is 18.2 Å². The van der Waals surface area contributed by atoms with Crippen LogP contribution in [0.2, 0.25) is 5.02 Å². The number of anilines is 1. The smallest absolute Gasteiger partial charge is 0.315 e. The van der Waals surface area contributed by atoms with Gasteiger partial charge >= 0.3 is 5.97 Å². The summed E-state index contributed by atoms with van der Waals surface area (Å²) in [5.74, 6) is 0.391. The number of rotatable bonds is 6. The Labute approximate surface area is 135 Å². The predicted molar refractivity (Wildman–Crippen MR) is 87.2 cm³/mol. The molecule has 0 atom stereocenters. The molecule has 0 spiro atoms. The molecule has 1 aromatic carbocycles. The van der Waals surface area contributed by atoms with Crippen molar-refractivity contribution in [2.24, 2.45) is 0 Å². The Morgan fingerprint density at radius 3 is 3.05 bits per heavy atom. The van der Waals surface area contributed by atoms with Crippen LogP contribution >= 0.6 is 34.7 Å². The fourth-order valence-electron chi connectivity index (χ4n) is 1.51. The fourth-order valence-corrected chi connectivity index (χ4v) is 3.43. The number of nitrogens with zero attached hydrogens (tertiary/aromatic N) is 1. The van der Waals surface area contributed by atoms with Gasteiger partial charge in [0.05, 0.1) is 23.1 Å². The first kappa shape index (κ1) is 16.1. The van der Waals surface area contributed by atoms with Crippen molar-refractivity contribution in [3.8, 4) is 0 Å². The molecule has 112 valence electrons. The molecule has 0 radical (unpaired) electrons. The van der Waals surface area contributed by atoms with Gasteiger partial charge in [0.15, 0.2) is 5.13 Å². The number of thiazole rings is 1. The number of fused-ring (bicyclic) bond motifs is 1. The number of aromatic nitrogens is 1. The summed E-state index contributed by atoms with van der Waals surface area (Å²) in [7, 11) is 1.34. The highest BCUT2D eigenvalue weighted by Crippen LogP contribution is 2.28. The van der Waals surface area contributed by atoms with Gasteiger partial charge in [-0.05, 0) is 18.2 Å². The number of methoxy groups -OCH3 is 1. The molecule has 0 aliphatic rings. The van der Waals surface area contributed by atoms with E-state index in [1.54, 1.807) is 6.07 Å². The lowest BCUT2D eigenvalue weighted by Crippen LogP contribution is -2.12. The van der Waals surface area contributed by atoms with E-state index in [2.05, 4.69) is 15.0 Å². The Kier molecular flexibility index (Phi) is 5.84. The molecule has 1 heterocycles. The summed E-state index contributed by atoms with van der Waals surface area (Å²) in [5, 5.41) is 3.94. The lowest BCUT2D eigenvalue weighted by atomic mass is 10.3. The molecule has 8 heteroatoms. The van der Waals surface area contributed by atoms with Crippen LogP contribution in [0, 0.1) is 0 Å². The Morgan fingerprint density at radius 2 is 2.29 bits per heavy atom. The average Bonchev–Trinajstić information content (AvgIpc) is 2.84. The highest BCUT2D eigenvalue weighted by atomic mass is 35.5. The second kappa shape index (κ2) is 7.63. The van der Waals surface area contributed by atoms with E-state index in [0.717, 1.165) is 10.2 Å². The number of carbonyl (C=O) groups excluding carboxylic acids is 2. The number of hydrogen-bond acceptors (Lipinski definition) is 6. The normalized spacial score (nSPS) is 10.6. The van der Waals surface area contributed by atoms with Crippen LogP contribution in [0.5, 0.6) is 0 Å². The lowest BCUT2D eigenvalue weighted by molar-refractivity contribution is -0.137. The first-order chi connectivity index (χ1) is 10.1. The number of nitrogens with one attached hydrogen (secondary N) is 1. The summed E-state index contributed by atoms with van der Waals surface area (Å²) in [6, 6.07) is 5.39. The second-order valence-electron chi connectivity index (χ2n) is 4.06. The van der Waals surface area contributed by atoms with Crippen LogP contribution < -0.4 is 5.32 Å². The minimum Gasteiger partial charge on any atom is -0.468 e. The van der Waals surface area contributed by atoms with Crippen LogP contribution in [0.4, 0.5) is 5.13 Å². The van der Waals surface area contributed by atoms with Crippen molar-refractivity contribution < 1.29 is 14.3 Å². The molecule has 0 aliphatic carbocycles. The summed E-state index contributed by atoms with van der Waals surface area (Å²) < 4.78 is 5.45. The first-order valence-electron chi connectivity index (χ1n) is 6.09. The zero-order valence-electron chi connectivity index (χ0n) is 11.2. The zero-order chi connectivity index (χ0) is 15.2. The molecule has 1 amide bonds. The molecule has 0 unspecified atom stereocenters. The molecule has 2 aromatic rings. The number of halogens is 1. The maximum absolute atomic E-state index is 11.8. The van der Waals surface area contributed by atoms with Crippen molar-refractivity contribution in [1.29, 1.82) is 0 Å². The zero-order valence-corrected chi connectivity index (χ0v) is 13.6. The summed E-state index contributed by atoms with van der Waals surface area (Å²) in [5.41, 5.74) is 0.805. The van der Waals surface area contributed by atoms with Gasteiger partial charge in [0, 0.05) is 17.2 Å². The number of amides is 1. The number of hydrogen-bond donors (Lipinski definition) is 1. The molecule has 0 fully saturated rings. The van der Waals surface area contributed by atoms with Gasteiger partial charge in [0.25, 0.3) is 0 Å². The van der Waals surface area contributed by atoms with Gasteiger partial charge in [0.2, 0.25) is 5.91 Å². The Balaban J connectivity index is 1.82. The van der Waals surface area contributed by atoms with Crippen molar-refractivity contribution in [2.75, 3.05) is 23.9 Å². The van der Waals surface area contributed by atoms with Crippen molar-refractivity contribution in [1.82, 2.24) is 4.98 Å². The minimum absolute atomic E-state index is 0.127. The summed E-state index contributed by atoms with van der Waals surface area (Å²) in [6.45, 7) is 0. The van der Waals surface area contributed by atoms with E-state index in [0.29, 0.717) is 22.3 Å². The fraction of sp³-hybridized carbons (Fsp3) is 0.308. The van der Waals surface area contributed by atoms with E-state index in [1.165, 1.54) is 30.2 Å². The van der Waals surface area contributed by atoms with Crippen LogP contribution in [0.1, 0.15) is 6.42 Å². The molecular formula is C13H13ClN2O3S2. The standard InChI is InChI=1S/C13H13ClN2O3S2/c1-19-12(18)7-20-5-4-11(17)16-13-15-9-3-2-8(14)6-10(9)21-13/h2-3,6H,4-5,7H2,1H3,(H,15,16,17). The summed E-state index contributed by atoms with van der Waals surface area (Å²) >= 11 is 8.65. The van der Waals surface area contributed by atoms with Gasteiger partial charge in [-0.25, -0.2) is 4.98 Å². The van der Waals surface area contributed by atoms with E-state index in [4.69, 9.17) is 11.6 Å². The van der Waals surface area contributed by atoms with Gasteiger partial charge in [0.1, 0.15) is 0 Å². The summed E-state index contributed by atoms with van der Waals surface area (Å²) in [4.78, 5) is 27.0. The third-order valence-electron chi connectivity index (χ3n) is 2.52. The number of thioether (sulfide) groups is 1. The lowest BCUT2D eigenvalue weighted by Gasteiger charge is -2.01. The Hall–Kier alpha value is -1.31.